The maximum Gasteiger partial charge on any atom is 0.246 e. The summed E-state index contributed by atoms with van der Waals surface area (Å²) in [5.41, 5.74) is 4.96. The minimum Gasteiger partial charge on any atom is -0.497 e. The molecule has 1 saturated heterocycles. The molecule has 6 rings (SSSR count). The van der Waals surface area contributed by atoms with Crippen molar-refractivity contribution in [2.45, 2.75) is 24.9 Å². The molecular weight excluding hydrogens is 494 g/mol. The number of piperazine rings is 1. The number of fused-ring (bicyclic) bond motifs is 4. The number of methoxy groups -OCH3 is 3. The van der Waals surface area contributed by atoms with Gasteiger partial charge in [-0.05, 0) is 53.4 Å². The first-order chi connectivity index (χ1) is 19.0. The summed E-state index contributed by atoms with van der Waals surface area (Å²) in [6.45, 7) is 0.480. The maximum absolute atomic E-state index is 14.0. The molecule has 2 atom stereocenters. The van der Waals surface area contributed by atoms with Crippen LogP contribution in [0.3, 0.4) is 0 Å². The zero-order chi connectivity index (χ0) is 27.1. The number of H-pyrrole nitrogens is 1. The molecule has 1 fully saturated rings. The second-order valence-corrected chi connectivity index (χ2v) is 9.96. The van der Waals surface area contributed by atoms with Crippen molar-refractivity contribution in [1.29, 1.82) is 0 Å². The van der Waals surface area contributed by atoms with Crippen molar-refractivity contribution in [3.8, 4) is 17.2 Å². The number of aromatic nitrogens is 1. The third-order valence-electron chi connectivity index (χ3n) is 7.87. The van der Waals surface area contributed by atoms with Crippen LogP contribution in [0, 0.1) is 0 Å². The first-order valence-corrected chi connectivity index (χ1v) is 13.1. The van der Waals surface area contributed by atoms with Gasteiger partial charge in [-0.1, -0.05) is 36.4 Å². The number of aromatic amines is 1. The van der Waals surface area contributed by atoms with E-state index in [2.05, 4.69) is 11.1 Å². The molecule has 39 heavy (non-hydrogen) atoms. The average Bonchev–Trinajstić information content (AvgIpc) is 3.35. The molecule has 2 amide bonds. The Kier molecular flexibility index (Phi) is 6.38. The largest absolute Gasteiger partial charge is 0.497 e. The van der Waals surface area contributed by atoms with Gasteiger partial charge in [-0.2, -0.15) is 0 Å². The number of rotatable bonds is 7. The van der Waals surface area contributed by atoms with Crippen LogP contribution in [0.15, 0.2) is 66.7 Å². The fraction of sp³-hybridized carbons (Fsp3) is 0.290. The van der Waals surface area contributed by atoms with E-state index in [1.54, 1.807) is 31.1 Å². The number of hydrogen-bond donors (Lipinski definition) is 1. The third kappa shape index (κ3) is 4.26. The first kappa shape index (κ1) is 24.9. The number of amides is 2. The molecule has 0 bridgehead atoms. The Hall–Kier alpha value is -4.46. The molecule has 1 aromatic heterocycles. The second-order valence-electron chi connectivity index (χ2n) is 9.96. The number of ether oxygens (including phenoxy) is 3. The zero-order valence-corrected chi connectivity index (χ0v) is 22.3. The summed E-state index contributed by atoms with van der Waals surface area (Å²) >= 11 is 0. The van der Waals surface area contributed by atoms with Crippen LogP contribution >= 0.6 is 0 Å². The predicted octanol–water partition coefficient (Wildman–Crippen LogP) is 4.12. The highest BCUT2D eigenvalue weighted by Crippen LogP contribution is 2.43. The number of carbonyl (C=O) groups excluding carboxylic acids is 2. The molecule has 0 spiro atoms. The number of hydrogen-bond acceptors (Lipinski definition) is 5. The zero-order valence-electron chi connectivity index (χ0n) is 22.3. The van der Waals surface area contributed by atoms with E-state index >= 15 is 0 Å². The van der Waals surface area contributed by atoms with Crippen molar-refractivity contribution in [3.63, 3.8) is 0 Å². The molecule has 4 aromatic rings. The standard InChI is InChI=1S/C31H31N3O5/c1-37-21-8-6-7-20(16-21)30-29-23(22-9-4-5-10-24(22)32-29)17-25-31(36)33(18-28(35)34(25)30)14-13-19-11-12-26(38-2)27(15-19)39-3/h4-12,15-16,25,30,32H,13-14,17-18H2,1-3H3. The van der Waals surface area contributed by atoms with E-state index in [9.17, 15) is 9.59 Å². The van der Waals surface area contributed by atoms with Gasteiger partial charge in [0.15, 0.2) is 11.5 Å². The Bertz CT molecular complexity index is 1560. The van der Waals surface area contributed by atoms with Gasteiger partial charge in [0.25, 0.3) is 0 Å². The van der Waals surface area contributed by atoms with Crippen molar-refractivity contribution in [2.24, 2.45) is 0 Å². The molecule has 0 radical (unpaired) electrons. The highest BCUT2D eigenvalue weighted by molar-refractivity contribution is 5.97. The van der Waals surface area contributed by atoms with Crippen LogP contribution in [0.25, 0.3) is 10.9 Å². The highest BCUT2D eigenvalue weighted by atomic mass is 16.5. The Morgan fingerprint density at radius 2 is 1.72 bits per heavy atom. The molecule has 2 unspecified atom stereocenters. The fourth-order valence-electron chi connectivity index (χ4n) is 5.97. The Balaban J connectivity index is 1.34. The summed E-state index contributed by atoms with van der Waals surface area (Å²) in [4.78, 5) is 34.8. The van der Waals surface area contributed by atoms with Crippen LogP contribution in [-0.4, -0.2) is 67.1 Å². The van der Waals surface area contributed by atoms with Crippen LogP contribution in [0.4, 0.5) is 0 Å². The summed E-state index contributed by atoms with van der Waals surface area (Å²) in [5.74, 6) is 1.91. The number of nitrogens with one attached hydrogen (secondary N) is 1. The number of nitrogens with zero attached hydrogens (tertiary/aromatic N) is 2. The van der Waals surface area contributed by atoms with E-state index in [1.807, 2.05) is 60.7 Å². The molecule has 1 N–H and O–H groups in total. The van der Waals surface area contributed by atoms with Crippen molar-refractivity contribution in [1.82, 2.24) is 14.8 Å². The SMILES string of the molecule is COc1cccc(C2c3[nH]c4ccccc4c3CC3C(=O)N(CCc4ccc(OC)c(OC)c4)CC(=O)N32)c1. The third-order valence-corrected chi connectivity index (χ3v) is 7.87. The van der Waals surface area contributed by atoms with Gasteiger partial charge < -0.3 is 29.0 Å². The molecule has 2 aliphatic rings. The summed E-state index contributed by atoms with van der Waals surface area (Å²) in [5, 5.41) is 1.09. The van der Waals surface area contributed by atoms with Crippen molar-refractivity contribution in [2.75, 3.05) is 34.4 Å². The summed E-state index contributed by atoms with van der Waals surface area (Å²) in [7, 11) is 4.83. The molecule has 3 aromatic carbocycles. The number of para-hydroxylation sites is 1. The van der Waals surface area contributed by atoms with Crippen molar-refractivity contribution in [3.05, 3.63) is 89.1 Å². The fourth-order valence-corrected chi connectivity index (χ4v) is 5.97. The van der Waals surface area contributed by atoms with E-state index in [4.69, 9.17) is 14.2 Å². The lowest BCUT2D eigenvalue weighted by Crippen LogP contribution is -2.63. The van der Waals surface area contributed by atoms with Gasteiger partial charge >= 0.3 is 0 Å². The van der Waals surface area contributed by atoms with Gasteiger partial charge in [0, 0.05) is 29.6 Å². The lowest BCUT2D eigenvalue weighted by atomic mass is 9.86. The van der Waals surface area contributed by atoms with Gasteiger partial charge in [0.2, 0.25) is 11.8 Å². The van der Waals surface area contributed by atoms with Crippen LogP contribution in [0.2, 0.25) is 0 Å². The van der Waals surface area contributed by atoms with E-state index in [1.165, 1.54) is 0 Å². The van der Waals surface area contributed by atoms with Gasteiger partial charge in [0.05, 0.1) is 33.9 Å². The molecule has 8 nitrogen and oxygen atoms in total. The van der Waals surface area contributed by atoms with Crippen LogP contribution in [0.1, 0.15) is 28.4 Å². The van der Waals surface area contributed by atoms with E-state index in [0.717, 1.165) is 33.3 Å². The van der Waals surface area contributed by atoms with E-state index in [0.29, 0.717) is 36.6 Å². The number of benzene rings is 3. The normalized spacial score (nSPS) is 18.6. The van der Waals surface area contributed by atoms with Gasteiger partial charge in [-0.15, -0.1) is 0 Å². The van der Waals surface area contributed by atoms with Crippen LogP contribution in [-0.2, 0) is 22.4 Å². The lowest BCUT2D eigenvalue weighted by molar-refractivity contribution is -0.158. The molecule has 2 aliphatic heterocycles. The quantitative estimate of drug-likeness (QED) is 0.393. The van der Waals surface area contributed by atoms with Crippen molar-refractivity contribution >= 4 is 22.7 Å². The van der Waals surface area contributed by atoms with Crippen LogP contribution in [0.5, 0.6) is 17.2 Å². The minimum atomic E-state index is -0.584. The maximum atomic E-state index is 14.0. The van der Waals surface area contributed by atoms with Crippen LogP contribution < -0.4 is 14.2 Å². The van der Waals surface area contributed by atoms with Crippen molar-refractivity contribution < 1.29 is 23.8 Å². The molecule has 0 saturated carbocycles. The highest BCUT2D eigenvalue weighted by Gasteiger charge is 2.48. The molecule has 0 aliphatic carbocycles. The molecular formula is C31H31N3O5. The van der Waals surface area contributed by atoms with Gasteiger partial charge in [0.1, 0.15) is 11.8 Å². The minimum absolute atomic E-state index is 0.0288. The molecule has 200 valence electrons. The monoisotopic (exact) mass is 525 g/mol. The molecule has 8 heteroatoms. The van der Waals surface area contributed by atoms with Gasteiger partial charge in [-0.25, -0.2) is 0 Å². The van der Waals surface area contributed by atoms with E-state index in [-0.39, 0.29) is 18.4 Å². The summed E-state index contributed by atoms with van der Waals surface area (Å²) in [6, 6.07) is 20.6. The van der Waals surface area contributed by atoms with Gasteiger partial charge in [-0.3, -0.25) is 9.59 Å². The lowest BCUT2D eigenvalue weighted by Gasteiger charge is -2.47. The summed E-state index contributed by atoms with van der Waals surface area (Å²) in [6.07, 6.45) is 1.07. The Morgan fingerprint density at radius 3 is 2.51 bits per heavy atom. The Labute approximate surface area is 227 Å². The Morgan fingerprint density at radius 1 is 0.897 bits per heavy atom. The second kappa shape index (κ2) is 10.0. The predicted molar refractivity (Wildman–Crippen MR) is 147 cm³/mol. The smallest absolute Gasteiger partial charge is 0.246 e. The summed E-state index contributed by atoms with van der Waals surface area (Å²) < 4.78 is 16.3. The number of carbonyl (C=O) groups is 2. The molecule has 3 heterocycles. The average molecular weight is 526 g/mol. The first-order valence-electron chi connectivity index (χ1n) is 13.1. The topological polar surface area (TPSA) is 84.1 Å². The van der Waals surface area contributed by atoms with E-state index < -0.39 is 12.1 Å².